The van der Waals surface area contributed by atoms with Gasteiger partial charge >= 0.3 is 0 Å². The van der Waals surface area contributed by atoms with Crippen LogP contribution in [0, 0.1) is 47.3 Å². The minimum Gasteiger partial charge on any atom is -0.378 e. The highest BCUT2D eigenvalue weighted by molar-refractivity contribution is 5.71. The molecule has 0 bridgehead atoms. The van der Waals surface area contributed by atoms with Gasteiger partial charge in [-0.2, -0.15) is 0 Å². The van der Waals surface area contributed by atoms with E-state index in [2.05, 4.69) is 260 Å². The van der Waals surface area contributed by atoms with Crippen molar-refractivity contribution in [3.63, 3.8) is 0 Å². The van der Waals surface area contributed by atoms with Crippen LogP contribution in [0.15, 0.2) is 92.4 Å². The lowest BCUT2D eigenvalue weighted by Gasteiger charge is -2.27. The number of rotatable bonds is 18. The van der Waals surface area contributed by atoms with Crippen LogP contribution in [-0.4, -0.2) is 72.9 Å². The smallest absolute Gasteiger partial charge is 0.0443 e. The second-order valence-electron chi connectivity index (χ2n) is 19.8. The van der Waals surface area contributed by atoms with Gasteiger partial charge in [-0.25, -0.2) is 0 Å². The van der Waals surface area contributed by atoms with E-state index in [0.29, 0.717) is 71.5 Å². The average molecular weight is 1020 g/mol. The summed E-state index contributed by atoms with van der Waals surface area (Å²) in [5.41, 5.74) is 2.91. The van der Waals surface area contributed by atoms with E-state index < -0.39 is 0 Å². The summed E-state index contributed by atoms with van der Waals surface area (Å²) in [5, 5.41) is 0. The van der Waals surface area contributed by atoms with Crippen molar-refractivity contribution < 1.29 is 0 Å². The Morgan fingerprint density at radius 3 is 0.833 bits per heavy atom. The van der Waals surface area contributed by atoms with Gasteiger partial charge in [-0.15, -0.1) is 0 Å². The van der Waals surface area contributed by atoms with Crippen LogP contribution >= 0.6 is 0 Å². The second-order valence-corrected chi connectivity index (χ2v) is 19.8. The minimum atomic E-state index is 0.414. The van der Waals surface area contributed by atoms with Crippen molar-refractivity contribution >= 4 is 24.9 Å². The van der Waals surface area contributed by atoms with Crippen LogP contribution in [0.5, 0.6) is 0 Å². The lowest BCUT2D eigenvalue weighted by atomic mass is 10.0. The molecule has 0 atom stereocenters. The molecule has 0 aliphatic rings. The highest BCUT2D eigenvalue weighted by Crippen LogP contribution is 2.17. The Balaban J connectivity index is -0.0000000665. The summed E-state index contributed by atoms with van der Waals surface area (Å²) in [5.74, 6) is 4.87. The Labute approximate surface area is 459 Å². The number of allylic oxidation sites excluding steroid dienone is 9. The number of aliphatic imine (C=N–C) groups is 4. The monoisotopic (exact) mass is 1020 g/mol. The molecule has 0 unspecified atom stereocenters. The van der Waals surface area contributed by atoms with Gasteiger partial charge in [0.25, 0.3) is 0 Å². The molecule has 0 aliphatic carbocycles. The Morgan fingerprint density at radius 2 is 0.639 bits per heavy atom. The number of hydrogen-bond donors (Lipinski definition) is 0. The molecule has 0 saturated heterocycles. The van der Waals surface area contributed by atoms with Crippen molar-refractivity contribution in [2.24, 2.45) is 67.3 Å². The summed E-state index contributed by atoms with van der Waals surface area (Å²) in [4.78, 5) is 21.1. The summed E-state index contributed by atoms with van der Waals surface area (Å²) in [6.45, 7) is 76.0. The third kappa shape index (κ3) is 117. The first-order valence-electron chi connectivity index (χ1n) is 29.0. The second kappa shape index (κ2) is 76.6. The maximum absolute atomic E-state index is 4.18. The van der Waals surface area contributed by atoms with Crippen LogP contribution in [0.3, 0.4) is 0 Å². The van der Waals surface area contributed by atoms with E-state index in [1.807, 2.05) is 119 Å². The fourth-order valence-electron chi connectivity index (χ4n) is 3.44. The van der Waals surface area contributed by atoms with E-state index >= 15 is 0 Å². The Bertz CT molecular complexity index is 1070. The maximum atomic E-state index is 4.18. The van der Waals surface area contributed by atoms with Crippen molar-refractivity contribution in [1.29, 1.82) is 0 Å². The molecule has 0 amide bonds. The van der Waals surface area contributed by atoms with Gasteiger partial charge in [0.1, 0.15) is 0 Å². The third-order valence-electron chi connectivity index (χ3n) is 8.08. The van der Waals surface area contributed by atoms with E-state index in [1.165, 1.54) is 11.3 Å². The fourth-order valence-corrected chi connectivity index (χ4v) is 3.44. The van der Waals surface area contributed by atoms with Gasteiger partial charge in [-0.1, -0.05) is 216 Å². The van der Waals surface area contributed by atoms with E-state index in [0.717, 1.165) is 0 Å². The van der Waals surface area contributed by atoms with Gasteiger partial charge in [0.15, 0.2) is 0 Å². The first kappa shape index (κ1) is 94.6. The lowest BCUT2D eigenvalue weighted by Crippen LogP contribution is -2.25. The van der Waals surface area contributed by atoms with Crippen LogP contribution < -0.4 is 0 Å². The normalized spacial score (nSPS) is 11.6. The topological polar surface area (TPSA) is 55.9 Å². The third-order valence-corrected chi connectivity index (χ3v) is 8.08. The molecule has 6 nitrogen and oxygen atoms in total. The summed E-state index contributed by atoms with van der Waals surface area (Å²) < 4.78 is 0. The standard InChI is InChI=1S/C11H23N.C9H19N.4C9H17N.5C2H6/c1-8(2)10(5)11(6)12(7)9(3)4;1-8(2)6-7-10(5)9(3)4;2*1-8(2)5-6-10-7-9(3)4;2*1-8(2)6-5-7-10-9(3)4;5*1-2/h8-9H,1-7H3;6-9H,1-5H3;4*5-9H,1-4H3;5*1-2H3/b11-10-;7-6-;4*6-5-,10-7?;;;;;. The molecule has 72 heavy (non-hydrogen) atoms. The Morgan fingerprint density at radius 1 is 0.361 bits per heavy atom. The quantitative estimate of drug-likeness (QED) is 0.128. The summed E-state index contributed by atoms with van der Waals surface area (Å²) in [7, 11) is 4.26. The minimum absolute atomic E-state index is 0.414. The zero-order valence-electron chi connectivity index (χ0n) is 56.7. The van der Waals surface area contributed by atoms with Gasteiger partial charge in [-0.3, -0.25) is 20.0 Å². The predicted molar refractivity (Wildman–Crippen MR) is 350 cm³/mol. The molecule has 0 saturated carbocycles. The molecule has 0 aromatic rings. The molecule has 0 rings (SSSR count). The van der Waals surface area contributed by atoms with Crippen molar-refractivity contribution in [2.75, 3.05) is 14.1 Å². The molecule has 434 valence electrons. The van der Waals surface area contributed by atoms with Crippen LogP contribution in [0.2, 0.25) is 0 Å². The van der Waals surface area contributed by atoms with Crippen molar-refractivity contribution in [1.82, 2.24) is 9.80 Å². The molecule has 6 heteroatoms. The summed E-state index contributed by atoms with van der Waals surface area (Å²) in [6, 6.07) is 2.03. The molecule has 0 aromatic heterocycles. The Kier molecular flexibility index (Phi) is 101. The molecule has 0 N–H and O–H groups in total. The molecule has 0 heterocycles. The van der Waals surface area contributed by atoms with E-state index in [1.54, 1.807) is 0 Å². The highest BCUT2D eigenvalue weighted by atomic mass is 15.1. The first-order chi connectivity index (χ1) is 33.4. The zero-order valence-corrected chi connectivity index (χ0v) is 56.7. The van der Waals surface area contributed by atoms with Crippen LogP contribution in [0.4, 0.5) is 0 Å². The molecular weight excluding hydrogens is 877 g/mol. The average Bonchev–Trinajstić information content (AvgIpc) is 3.31. The summed E-state index contributed by atoms with van der Waals surface area (Å²) >= 11 is 0. The van der Waals surface area contributed by atoms with Gasteiger partial charge in [0.05, 0.1) is 0 Å². The molecule has 0 aromatic carbocycles. The maximum Gasteiger partial charge on any atom is 0.0443 e. The molecule has 0 radical (unpaired) electrons. The molecule has 0 spiro atoms. The number of hydrogen-bond acceptors (Lipinski definition) is 6. The van der Waals surface area contributed by atoms with Crippen molar-refractivity contribution in [3.05, 3.63) is 72.4 Å². The highest BCUT2D eigenvalue weighted by Gasteiger charge is 2.08. The van der Waals surface area contributed by atoms with E-state index in [-0.39, 0.29) is 0 Å². The first-order valence-corrected chi connectivity index (χ1v) is 29.0. The van der Waals surface area contributed by atoms with Crippen LogP contribution in [0.25, 0.3) is 0 Å². The van der Waals surface area contributed by atoms with Gasteiger partial charge in [-0.05, 0) is 135 Å². The van der Waals surface area contributed by atoms with Crippen LogP contribution in [0.1, 0.15) is 249 Å². The van der Waals surface area contributed by atoms with Crippen molar-refractivity contribution in [2.45, 2.75) is 273 Å². The Hall–Kier alpha value is -3.28. The van der Waals surface area contributed by atoms with E-state index in [4.69, 9.17) is 0 Å². The zero-order chi connectivity index (χ0) is 60.0. The fraction of sp³-hybridized carbons (Fsp3) is 0.758. The molecule has 0 fully saturated rings. The SMILES string of the molecule is C/C(=C(\C)N(C)C(C)C)C(C)C.CC.CC.CC.CC.CC.CC(C)/C=C\C=NC(C)C.CC(C)/C=C\C=NC(C)C.CC(C)/C=C\N(C)C(C)C.CC(C)C=N/C=C\C(C)C.CC(C)C=N/C=C\C(C)C. The van der Waals surface area contributed by atoms with Gasteiger partial charge in [0.2, 0.25) is 0 Å². The number of nitrogens with zero attached hydrogens (tertiary/aromatic N) is 6. The van der Waals surface area contributed by atoms with Gasteiger partial charge < -0.3 is 9.80 Å². The largest absolute Gasteiger partial charge is 0.378 e. The van der Waals surface area contributed by atoms with Crippen molar-refractivity contribution in [3.8, 4) is 0 Å². The molecular formula is C66H140N6. The summed E-state index contributed by atoms with van der Waals surface area (Å²) in [6.07, 6.45) is 28.1. The molecule has 0 aliphatic heterocycles. The van der Waals surface area contributed by atoms with E-state index in [9.17, 15) is 0 Å². The predicted octanol–water partition coefficient (Wildman–Crippen LogP) is 22.0. The van der Waals surface area contributed by atoms with Crippen LogP contribution in [-0.2, 0) is 0 Å². The van der Waals surface area contributed by atoms with Gasteiger partial charge in [0, 0.05) is 81.2 Å². The lowest BCUT2D eigenvalue weighted by molar-refractivity contribution is 0.338.